The van der Waals surface area contributed by atoms with Gasteiger partial charge in [-0.05, 0) is 37.1 Å². The number of aromatic amines is 1. The van der Waals surface area contributed by atoms with Gasteiger partial charge in [-0.3, -0.25) is 9.89 Å². The van der Waals surface area contributed by atoms with Crippen molar-refractivity contribution in [1.82, 2.24) is 15.5 Å². The smallest absolute Gasteiger partial charge is 0.255 e. The summed E-state index contributed by atoms with van der Waals surface area (Å²) in [5, 5.41) is 14.9. The lowest BCUT2D eigenvalue weighted by atomic mass is 10.2. The average molecular weight is 350 g/mol. The van der Waals surface area contributed by atoms with Crippen LogP contribution in [0.25, 0.3) is 0 Å². The predicted molar refractivity (Wildman–Crippen MR) is 86.1 cm³/mol. The molecule has 0 radical (unpaired) electrons. The maximum absolute atomic E-state index is 12.4. The van der Waals surface area contributed by atoms with Gasteiger partial charge in [-0.2, -0.15) is 5.10 Å². The zero-order chi connectivity index (χ0) is 17.3. The van der Waals surface area contributed by atoms with E-state index in [0.29, 0.717) is 5.92 Å². The zero-order valence-electron chi connectivity index (χ0n) is 13.1. The van der Waals surface area contributed by atoms with Crippen molar-refractivity contribution in [2.45, 2.75) is 30.2 Å². The van der Waals surface area contributed by atoms with Crippen LogP contribution in [0.15, 0.2) is 29.2 Å². The number of hydrogen-bond donors (Lipinski definition) is 3. The Bertz CT molecular complexity index is 871. The van der Waals surface area contributed by atoms with Crippen molar-refractivity contribution in [3.63, 3.8) is 0 Å². The summed E-state index contributed by atoms with van der Waals surface area (Å²) < 4.78 is 28.0. The SMILES string of the molecule is COc1ccc(S(N)(=O)=O)cc1C(=O)NCc1cc(C2CC2)n[nH]1. The monoisotopic (exact) mass is 350 g/mol. The average Bonchev–Trinajstić information content (AvgIpc) is 3.30. The number of rotatable bonds is 6. The summed E-state index contributed by atoms with van der Waals surface area (Å²) in [6.45, 7) is 0.251. The fourth-order valence-electron chi connectivity index (χ4n) is 2.37. The zero-order valence-corrected chi connectivity index (χ0v) is 13.9. The summed E-state index contributed by atoms with van der Waals surface area (Å²) in [5.74, 6) is 0.334. The third-order valence-electron chi connectivity index (χ3n) is 3.83. The molecule has 0 atom stereocenters. The van der Waals surface area contributed by atoms with Crippen LogP contribution in [0.5, 0.6) is 5.75 Å². The van der Waals surface area contributed by atoms with Crippen molar-refractivity contribution in [3.8, 4) is 5.75 Å². The molecular formula is C15H18N4O4S. The molecule has 1 heterocycles. The predicted octanol–water partition coefficient (Wildman–Crippen LogP) is 0.873. The van der Waals surface area contributed by atoms with Gasteiger partial charge < -0.3 is 10.1 Å². The van der Waals surface area contributed by atoms with Crippen LogP contribution in [0.1, 0.15) is 40.5 Å². The summed E-state index contributed by atoms with van der Waals surface area (Å²) in [5.41, 5.74) is 1.89. The normalized spacial score (nSPS) is 14.4. The lowest BCUT2D eigenvalue weighted by Gasteiger charge is -2.10. The molecule has 1 aromatic carbocycles. The fraction of sp³-hybridized carbons (Fsp3) is 0.333. The second-order valence-electron chi connectivity index (χ2n) is 5.68. The van der Waals surface area contributed by atoms with Crippen LogP contribution >= 0.6 is 0 Å². The Labute approximate surface area is 139 Å². The first-order chi connectivity index (χ1) is 11.4. The van der Waals surface area contributed by atoms with Gasteiger partial charge in [0.15, 0.2) is 0 Å². The lowest BCUT2D eigenvalue weighted by molar-refractivity contribution is 0.0947. The van der Waals surface area contributed by atoms with Crippen LogP contribution in [0, 0.1) is 0 Å². The Morgan fingerprint density at radius 3 is 2.79 bits per heavy atom. The molecule has 0 aliphatic heterocycles. The first kappa shape index (κ1) is 16.5. The molecule has 0 bridgehead atoms. The van der Waals surface area contributed by atoms with Crippen LogP contribution in [0.2, 0.25) is 0 Å². The van der Waals surface area contributed by atoms with Crippen LogP contribution < -0.4 is 15.2 Å². The number of carbonyl (C=O) groups excluding carboxylic acids is 1. The summed E-state index contributed by atoms with van der Waals surface area (Å²) in [6, 6.07) is 5.82. The molecule has 1 aromatic heterocycles. The highest BCUT2D eigenvalue weighted by Crippen LogP contribution is 2.38. The van der Waals surface area contributed by atoms with Gasteiger partial charge in [-0.25, -0.2) is 13.6 Å². The molecule has 0 saturated heterocycles. The van der Waals surface area contributed by atoms with Crippen molar-refractivity contribution in [2.24, 2.45) is 5.14 Å². The van der Waals surface area contributed by atoms with Gasteiger partial charge in [0.25, 0.3) is 5.91 Å². The van der Waals surface area contributed by atoms with Crippen LogP contribution in [0.3, 0.4) is 0 Å². The Morgan fingerprint density at radius 2 is 2.17 bits per heavy atom. The number of nitrogens with two attached hydrogens (primary N) is 1. The molecule has 4 N–H and O–H groups in total. The summed E-state index contributed by atoms with van der Waals surface area (Å²) in [6.07, 6.45) is 2.29. The van der Waals surface area contributed by atoms with Crippen LogP contribution in [0.4, 0.5) is 0 Å². The number of amides is 1. The van der Waals surface area contributed by atoms with E-state index in [1.54, 1.807) is 0 Å². The number of benzene rings is 1. The largest absolute Gasteiger partial charge is 0.496 e. The third-order valence-corrected chi connectivity index (χ3v) is 4.74. The number of carbonyl (C=O) groups is 1. The molecule has 0 unspecified atom stereocenters. The molecule has 0 spiro atoms. The first-order valence-corrected chi connectivity index (χ1v) is 8.96. The number of nitrogens with zero attached hydrogens (tertiary/aromatic N) is 1. The molecule has 1 aliphatic rings. The fourth-order valence-corrected chi connectivity index (χ4v) is 2.91. The quantitative estimate of drug-likeness (QED) is 0.712. The Balaban J connectivity index is 1.75. The van der Waals surface area contributed by atoms with Crippen molar-refractivity contribution in [2.75, 3.05) is 7.11 Å². The van der Waals surface area contributed by atoms with E-state index in [2.05, 4.69) is 15.5 Å². The standard InChI is InChI=1S/C15H18N4O4S/c1-23-14-5-4-11(24(16,21)22)7-12(14)15(20)17-8-10-6-13(19-18-10)9-2-3-9/h4-7,9H,2-3,8H2,1H3,(H,17,20)(H,18,19)(H2,16,21,22). The van der Waals surface area contributed by atoms with Crippen LogP contribution in [-0.4, -0.2) is 31.6 Å². The molecule has 9 heteroatoms. The van der Waals surface area contributed by atoms with Gasteiger partial charge in [0, 0.05) is 5.92 Å². The number of ether oxygens (including phenoxy) is 1. The van der Waals surface area contributed by atoms with Gasteiger partial charge in [-0.15, -0.1) is 0 Å². The number of nitrogens with one attached hydrogen (secondary N) is 2. The summed E-state index contributed by atoms with van der Waals surface area (Å²) in [4.78, 5) is 12.2. The highest BCUT2D eigenvalue weighted by molar-refractivity contribution is 7.89. The van der Waals surface area contributed by atoms with Gasteiger partial charge in [0.1, 0.15) is 5.75 Å². The molecule has 2 aromatic rings. The Kier molecular flexibility index (Phi) is 4.29. The van der Waals surface area contributed by atoms with Gasteiger partial charge in [-0.1, -0.05) is 0 Å². The second kappa shape index (κ2) is 6.25. The van der Waals surface area contributed by atoms with E-state index in [1.165, 1.54) is 25.3 Å². The minimum Gasteiger partial charge on any atom is -0.496 e. The van der Waals surface area contributed by atoms with Gasteiger partial charge >= 0.3 is 0 Å². The van der Waals surface area contributed by atoms with Crippen molar-refractivity contribution < 1.29 is 17.9 Å². The topological polar surface area (TPSA) is 127 Å². The first-order valence-electron chi connectivity index (χ1n) is 7.41. The molecular weight excluding hydrogens is 332 g/mol. The maximum Gasteiger partial charge on any atom is 0.255 e. The van der Waals surface area contributed by atoms with E-state index < -0.39 is 15.9 Å². The van der Waals surface area contributed by atoms with Crippen molar-refractivity contribution in [1.29, 1.82) is 0 Å². The molecule has 1 saturated carbocycles. The van der Waals surface area contributed by atoms with Crippen LogP contribution in [-0.2, 0) is 16.6 Å². The molecule has 3 rings (SSSR count). The molecule has 8 nitrogen and oxygen atoms in total. The minimum atomic E-state index is -3.90. The van der Waals surface area contributed by atoms with E-state index in [0.717, 1.165) is 24.2 Å². The van der Waals surface area contributed by atoms with E-state index >= 15 is 0 Å². The molecule has 1 aliphatic carbocycles. The van der Waals surface area contributed by atoms with Gasteiger partial charge in [0.2, 0.25) is 10.0 Å². The molecule has 1 fully saturated rings. The van der Waals surface area contributed by atoms with Gasteiger partial charge in [0.05, 0.1) is 35.5 Å². The van der Waals surface area contributed by atoms with E-state index in [9.17, 15) is 13.2 Å². The number of H-pyrrole nitrogens is 1. The number of aromatic nitrogens is 2. The minimum absolute atomic E-state index is 0.103. The number of sulfonamides is 1. The van der Waals surface area contributed by atoms with Crippen molar-refractivity contribution in [3.05, 3.63) is 41.2 Å². The van der Waals surface area contributed by atoms with E-state index in [-0.39, 0.29) is 22.8 Å². The van der Waals surface area contributed by atoms with E-state index in [4.69, 9.17) is 9.88 Å². The summed E-state index contributed by atoms with van der Waals surface area (Å²) in [7, 11) is -2.50. The Morgan fingerprint density at radius 1 is 1.42 bits per heavy atom. The maximum atomic E-state index is 12.4. The van der Waals surface area contributed by atoms with E-state index in [1.807, 2.05) is 6.07 Å². The molecule has 128 valence electrons. The third kappa shape index (κ3) is 3.57. The highest BCUT2D eigenvalue weighted by Gasteiger charge is 2.26. The number of primary sulfonamides is 1. The number of methoxy groups -OCH3 is 1. The Hall–Kier alpha value is -2.39. The molecule has 1 amide bonds. The lowest BCUT2D eigenvalue weighted by Crippen LogP contribution is -2.24. The van der Waals surface area contributed by atoms with Crippen molar-refractivity contribution >= 4 is 15.9 Å². The number of hydrogen-bond acceptors (Lipinski definition) is 5. The summed E-state index contributed by atoms with van der Waals surface area (Å²) >= 11 is 0. The molecule has 24 heavy (non-hydrogen) atoms. The second-order valence-corrected chi connectivity index (χ2v) is 7.24. The highest BCUT2D eigenvalue weighted by atomic mass is 32.2.